The SMILES string of the molecule is C=C(C)/C=C\C(=C)c1ccsc1. The van der Waals surface area contributed by atoms with Gasteiger partial charge in [0.2, 0.25) is 0 Å². The first-order valence-electron chi connectivity index (χ1n) is 3.75. The van der Waals surface area contributed by atoms with Crippen LogP contribution in [0.2, 0.25) is 0 Å². The molecule has 0 radical (unpaired) electrons. The van der Waals surface area contributed by atoms with E-state index in [1.165, 1.54) is 5.56 Å². The molecule has 62 valence electrons. The zero-order valence-electron chi connectivity index (χ0n) is 7.21. The molecular weight excluding hydrogens is 164 g/mol. The summed E-state index contributed by atoms with van der Waals surface area (Å²) in [5, 5.41) is 4.14. The first kappa shape index (κ1) is 9.01. The van der Waals surface area contributed by atoms with Crippen LogP contribution < -0.4 is 0 Å². The van der Waals surface area contributed by atoms with Crippen molar-refractivity contribution >= 4 is 16.9 Å². The number of thiophene rings is 1. The second-order valence-electron chi connectivity index (χ2n) is 2.72. The van der Waals surface area contributed by atoms with Crippen molar-refractivity contribution < 1.29 is 0 Å². The van der Waals surface area contributed by atoms with Crippen LogP contribution in [0.1, 0.15) is 12.5 Å². The van der Waals surface area contributed by atoms with Gasteiger partial charge in [-0.3, -0.25) is 0 Å². The Morgan fingerprint density at radius 3 is 2.67 bits per heavy atom. The third-order valence-corrected chi connectivity index (χ3v) is 2.14. The van der Waals surface area contributed by atoms with Crippen LogP contribution in [0.3, 0.4) is 0 Å². The van der Waals surface area contributed by atoms with E-state index in [1.807, 2.05) is 19.1 Å². The fraction of sp³-hybridized carbons (Fsp3) is 0.0909. The largest absolute Gasteiger partial charge is 0.152 e. The van der Waals surface area contributed by atoms with Gasteiger partial charge in [-0.05, 0) is 34.9 Å². The average Bonchev–Trinajstić information content (AvgIpc) is 2.51. The molecule has 0 aliphatic rings. The minimum atomic E-state index is 1.04. The standard InChI is InChI=1S/C11H12S/c1-9(2)4-5-10(3)11-6-7-12-8-11/h4-8H,1,3H2,2H3/b5-4-. The summed E-state index contributed by atoms with van der Waals surface area (Å²) in [7, 11) is 0. The Morgan fingerprint density at radius 1 is 1.42 bits per heavy atom. The van der Waals surface area contributed by atoms with E-state index in [4.69, 9.17) is 0 Å². The van der Waals surface area contributed by atoms with Crippen LogP contribution in [-0.2, 0) is 0 Å². The van der Waals surface area contributed by atoms with Crippen LogP contribution >= 0.6 is 11.3 Å². The Hall–Kier alpha value is -1.08. The van der Waals surface area contributed by atoms with Crippen LogP contribution in [0.15, 0.2) is 47.7 Å². The summed E-state index contributed by atoms with van der Waals surface area (Å²) < 4.78 is 0. The van der Waals surface area contributed by atoms with E-state index in [9.17, 15) is 0 Å². The van der Waals surface area contributed by atoms with Crippen molar-refractivity contribution in [3.8, 4) is 0 Å². The predicted octanol–water partition coefficient (Wildman–Crippen LogP) is 3.89. The van der Waals surface area contributed by atoms with E-state index in [-0.39, 0.29) is 0 Å². The van der Waals surface area contributed by atoms with Gasteiger partial charge in [0.1, 0.15) is 0 Å². The quantitative estimate of drug-likeness (QED) is 0.613. The third-order valence-electron chi connectivity index (χ3n) is 1.46. The molecule has 0 aliphatic carbocycles. The lowest BCUT2D eigenvalue weighted by Gasteiger charge is -1.93. The summed E-state index contributed by atoms with van der Waals surface area (Å²) in [6.45, 7) is 9.70. The van der Waals surface area contributed by atoms with Gasteiger partial charge >= 0.3 is 0 Å². The zero-order chi connectivity index (χ0) is 8.97. The minimum Gasteiger partial charge on any atom is -0.152 e. The molecule has 0 fully saturated rings. The van der Waals surface area contributed by atoms with Crippen LogP contribution in [0, 0.1) is 0 Å². The molecule has 0 atom stereocenters. The third kappa shape index (κ3) is 2.51. The molecular formula is C11H12S. The highest BCUT2D eigenvalue weighted by atomic mass is 32.1. The topological polar surface area (TPSA) is 0 Å². The highest BCUT2D eigenvalue weighted by molar-refractivity contribution is 7.08. The molecule has 1 aromatic heterocycles. The Bertz CT molecular complexity index is 302. The van der Waals surface area contributed by atoms with Crippen molar-refractivity contribution in [2.24, 2.45) is 0 Å². The summed E-state index contributed by atoms with van der Waals surface area (Å²) in [5.74, 6) is 0. The molecule has 0 unspecified atom stereocenters. The molecule has 0 nitrogen and oxygen atoms in total. The minimum absolute atomic E-state index is 1.04. The maximum absolute atomic E-state index is 3.95. The molecule has 1 heteroatoms. The first-order chi connectivity index (χ1) is 5.70. The molecule has 0 N–H and O–H groups in total. The van der Waals surface area contributed by atoms with Gasteiger partial charge in [0.25, 0.3) is 0 Å². The van der Waals surface area contributed by atoms with Crippen molar-refractivity contribution in [3.63, 3.8) is 0 Å². The van der Waals surface area contributed by atoms with Gasteiger partial charge < -0.3 is 0 Å². The lowest BCUT2D eigenvalue weighted by atomic mass is 10.1. The summed E-state index contributed by atoms with van der Waals surface area (Å²) >= 11 is 1.69. The fourth-order valence-corrected chi connectivity index (χ4v) is 1.47. The second-order valence-corrected chi connectivity index (χ2v) is 3.50. The van der Waals surface area contributed by atoms with Gasteiger partial charge in [-0.25, -0.2) is 0 Å². The summed E-state index contributed by atoms with van der Waals surface area (Å²) in [4.78, 5) is 0. The Morgan fingerprint density at radius 2 is 2.17 bits per heavy atom. The van der Waals surface area contributed by atoms with E-state index < -0.39 is 0 Å². The van der Waals surface area contributed by atoms with Gasteiger partial charge in [-0.1, -0.05) is 30.9 Å². The van der Waals surface area contributed by atoms with Gasteiger partial charge in [0, 0.05) is 0 Å². The molecule has 1 rings (SSSR count). The highest BCUT2D eigenvalue weighted by Crippen LogP contribution is 2.17. The molecule has 1 aromatic rings. The van der Waals surface area contributed by atoms with Crippen molar-refractivity contribution in [1.82, 2.24) is 0 Å². The van der Waals surface area contributed by atoms with Gasteiger partial charge in [-0.15, -0.1) is 0 Å². The average molecular weight is 176 g/mol. The monoisotopic (exact) mass is 176 g/mol. The number of hydrogen-bond donors (Lipinski definition) is 0. The van der Waals surface area contributed by atoms with E-state index >= 15 is 0 Å². The van der Waals surface area contributed by atoms with Gasteiger partial charge in [0.15, 0.2) is 0 Å². The van der Waals surface area contributed by atoms with Gasteiger partial charge in [-0.2, -0.15) is 11.3 Å². The van der Waals surface area contributed by atoms with Crippen LogP contribution in [-0.4, -0.2) is 0 Å². The van der Waals surface area contributed by atoms with Crippen molar-refractivity contribution in [1.29, 1.82) is 0 Å². The van der Waals surface area contributed by atoms with Crippen LogP contribution in [0.4, 0.5) is 0 Å². The predicted molar refractivity (Wildman–Crippen MR) is 57.3 cm³/mol. The fourth-order valence-electron chi connectivity index (χ4n) is 0.786. The van der Waals surface area contributed by atoms with E-state index in [0.29, 0.717) is 0 Å². The number of hydrogen-bond acceptors (Lipinski definition) is 1. The highest BCUT2D eigenvalue weighted by Gasteiger charge is 1.92. The lowest BCUT2D eigenvalue weighted by molar-refractivity contribution is 1.56. The van der Waals surface area contributed by atoms with E-state index in [0.717, 1.165) is 11.1 Å². The summed E-state index contributed by atoms with van der Waals surface area (Å²) in [5.41, 5.74) is 3.28. The number of rotatable bonds is 3. The molecule has 0 amide bonds. The van der Waals surface area contributed by atoms with Gasteiger partial charge in [0.05, 0.1) is 0 Å². The zero-order valence-corrected chi connectivity index (χ0v) is 8.03. The lowest BCUT2D eigenvalue weighted by Crippen LogP contribution is -1.71. The van der Waals surface area contributed by atoms with Crippen LogP contribution in [0.5, 0.6) is 0 Å². The first-order valence-corrected chi connectivity index (χ1v) is 4.69. The molecule has 0 aliphatic heterocycles. The summed E-state index contributed by atoms with van der Waals surface area (Å²) in [6.07, 6.45) is 3.96. The maximum atomic E-state index is 3.95. The molecule has 1 heterocycles. The molecule has 0 aromatic carbocycles. The van der Waals surface area contributed by atoms with Crippen molar-refractivity contribution in [2.75, 3.05) is 0 Å². The molecule has 0 bridgehead atoms. The summed E-state index contributed by atoms with van der Waals surface area (Å²) in [6, 6.07) is 2.07. The smallest absolute Gasteiger partial charge is 0.00149 e. The Balaban J connectivity index is 2.68. The Kier molecular flexibility index (Phi) is 3.06. The molecule has 0 saturated carbocycles. The molecule has 0 saturated heterocycles. The maximum Gasteiger partial charge on any atom is -0.00149 e. The molecule has 12 heavy (non-hydrogen) atoms. The van der Waals surface area contributed by atoms with E-state index in [1.54, 1.807) is 11.3 Å². The van der Waals surface area contributed by atoms with Crippen LogP contribution in [0.25, 0.3) is 5.57 Å². The Labute approximate surface area is 77.6 Å². The molecule has 0 spiro atoms. The van der Waals surface area contributed by atoms with Crippen molar-refractivity contribution in [2.45, 2.75) is 6.92 Å². The van der Waals surface area contributed by atoms with E-state index in [2.05, 4.69) is 30.0 Å². The van der Waals surface area contributed by atoms with Crippen molar-refractivity contribution in [3.05, 3.63) is 53.3 Å². The normalized spacial score (nSPS) is 10.4. The number of allylic oxidation sites excluding steroid dienone is 4. The second kappa shape index (κ2) is 4.07.